The van der Waals surface area contributed by atoms with Gasteiger partial charge in [-0.05, 0) is 48.6 Å². The second kappa shape index (κ2) is 10.2. The Bertz CT molecular complexity index is 1530. The fourth-order valence-electron chi connectivity index (χ4n) is 3.55. The SMILES string of the molecule is COc1ccccc1N=Nc1c(O)n(-c2ccccc2OC)c(=S)n(-c2ccccc2OC)c1=O. The normalized spacial score (nSPS) is 10.9. The fraction of sp³-hybridized carbons (Fsp3) is 0.120. The van der Waals surface area contributed by atoms with Gasteiger partial charge in [0.25, 0.3) is 5.56 Å². The van der Waals surface area contributed by atoms with E-state index < -0.39 is 11.4 Å². The first-order valence-corrected chi connectivity index (χ1v) is 10.8. The summed E-state index contributed by atoms with van der Waals surface area (Å²) in [5.74, 6) is 0.801. The van der Waals surface area contributed by atoms with Crippen LogP contribution in [0.25, 0.3) is 11.4 Å². The van der Waals surface area contributed by atoms with E-state index in [1.54, 1.807) is 72.8 Å². The molecule has 0 aliphatic carbocycles. The number of aromatic hydroxyl groups is 1. The van der Waals surface area contributed by atoms with Gasteiger partial charge in [0, 0.05) is 0 Å². The molecular weight excluding hydrogens is 468 g/mol. The molecule has 4 rings (SSSR count). The molecule has 9 nitrogen and oxygen atoms in total. The first-order valence-electron chi connectivity index (χ1n) is 10.4. The summed E-state index contributed by atoms with van der Waals surface area (Å²) in [6, 6.07) is 20.8. The third-order valence-electron chi connectivity index (χ3n) is 5.21. The minimum absolute atomic E-state index is 0.0160. The van der Waals surface area contributed by atoms with E-state index in [1.807, 2.05) is 0 Å². The maximum atomic E-state index is 13.6. The summed E-state index contributed by atoms with van der Waals surface area (Å²) in [4.78, 5) is 13.6. The van der Waals surface area contributed by atoms with Gasteiger partial charge in [-0.1, -0.05) is 36.4 Å². The van der Waals surface area contributed by atoms with E-state index in [1.165, 1.54) is 30.5 Å². The standard InChI is InChI=1S/C25H22N4O5S/c1-32-19-13-7-4-10-16(19)26-27-22-23(30)28(17-11-5-8-14-20(17)33-2)25(35)29(24(22)31)18-12-6-9-15-21(18)34-3/h4-15,30H,1-3H3. The molecule has 4 aromatic rings. The van der Waals surface area contributed by atoms with E-state index in [4.69, 9.17) is 26.4 Å². The molecule has 3 aromatic carbocycles. The highest BCUT2D eigenvalue weighted by atomic mass is 32.1. The zero-order valence-corrected chi connectivity index (χ0v) is 20.0. The van der Waals surface area contributed by atoms with Gasteiger partial charge in [-0.3, -0.25) is 9.36 Å². The number of rotatable bonds is 7. The first kappa shape index (κ1) is 23.7. The molecule has 0 fully saturated rings. The van der Waals surface area contributed by atoms with Crippen LogP contribution >= 0.6 is 12.2 Å². The molecule has 10 heteroatoms. The van der Waals surface area contributed by atoms with Crippen LogP contribution in [0.5, 0.6) is 23.1 Å². The van der Waals surface area contributed by atoms with E-state index in [0.29, 0.717) is 34.3 Å². The quantitative estimate of drug-likeness (QED) is 0.271. The van der Waals surface area contributed by atoms with Crippen LogP contribution in [0.2, 0.25) is 0 Å². The van der Waals surface area contributed by atoms with Crippen molar-refractivity contribution in [2.24, 2.45) is 10.2 Å². The highest BCUT2D eigenvalue weighted by molar-refractivity contribution is 7.71. The summed E-state index contributed by atoms with van der Waals surface area (Å²) in [6.45, 7) is 0. The Hall–Kier alpha value is -4.44. The van der Waals surface area contributed by atoms with Crippen LogP contribution in [-0.4, -0.2) is 35.6 Å². The molecule has 0 atom stereocenters. The van der Waals surface area contributed by atoms with Crippen LogP contribution in [0.1, 0.15) is 0 Å². The molecule has 0 saturated carbocycles. The molecule has 0 bridgehead atoms. The summed E-state index contributed by atoms with van der Waals surface area (Å²) in [5.41, 5.74) is 0.157. The molecule has 0 saturated heterocycles. The summed E-state index contributed by atoms with van der Waals surface area (Å²) in [5, 5.41) is 19.5. The molecular formula is C25H22N4O5S. The zero-order valence-electron chi connectivity index (χ0n) is 19.2. The average molecular weight is 491 g/mol. The molecule has 0 aliphatic rings. The van der Waals surface area contributed by atoms with Crippen molar-refractivity contribution >= 4 is 23.6 Å². The van der Waals surface area contributed by atoms with Crippen LogP contribution in [0.15, 0.2) is 87.8 Å². The maximum Gasteiger partial charge on any atom is 0.290 e. The molecule has 1 heterocycles. The van der Waals surface area contributed by atoms with Crippen molar-refractivity contribution in [3.63, 3.8) is 0 Å². The number of para-hydroxylation sites is 5. The van der Waals surface area contributed by atoms with Crippen molar-refractivity contribution in [3.8, 4) is 34.5 Å². The first-order chi connectivity index (χ1) is 17.0. The van der Waals surface area contributed by atoms with Crippen molar-refractivity contribution < 1.29 is 19.3 Å². The number of methoxy groups -OCH3 is 3. The Morgan fingerprint density at radius 1 is 0.714 bits per heavy atom. The van der Waals surface area contributed by atoms with E-state index in [9.17, 15) is 9.90 Å². The molecule has 1 aromatic heterocycles. The third kappa shape index (κ3) is 4.38. The molecule has 0 spiro atoms. The van der Waals surface area contributed by atoms with Crippen molar-refractivity contribution in [2.45, 2.75) is 0 Å². The number of aromatic nitrogens is 2. The predicted molar refractivity (Wildman–Crippen MR) is 134 cm³/mol. The molecule has 0 unspecified atom stereocenters. The Morgan fingerprint density at radius 3 is 1.77 bits per heavy atom. The van der Waals surface area contributed by atoms with Gasteiger partial charge in [0.15, 0.2) is 4.77 Å². The summed E-state index contributed by atoms with van der Waals surface area (Å²) in [7, 11) is 4.49. The maximum absolute atomic E-state index is 13.6. The Morgan fingerprint density at radius 2 is 1.20 bits per heavy atom. The van der Waals surface area contributed by atoms with Crippen molar-refractivity contribution in [2.75, 3.05) is 21.3 Å². The highest BCUT2D eigenvalue weighted by Crippen LogP contribution is 2.35. The van der Waals surface area contributed by atoms with Gasteiger partial charge in [0.2, 0.25) is 11.6 Å². The van der Waals surface area contributed by atoms with Gasteiger partial charge < -0.3 is 19.3 Å². The molecule has 0 aliphatic heterocycles. The molecule has 0 amide bonds. The largest absolute Gasteiger partial charge is 0.495 e. The second-order valence-electron chi connectivity index (χ2n) is 7.15. The van der Waals surface area contributed by atoms with Gasteiger partial charge >= 0.3 is 0 Å². The van der Waals surface area contributed by atoms with Crippen LogP contribution in [0, 0.1) is 4.77 Å². The summed E-state index contributed by atoms with van der Waals surface area (Å²) < 4.78 is 18.8. The van der Waals surface area contributed by atoms with Crippen LogP contribution in [0.4, 0.5) is 11.4 Å². The van der Waals surface area contributed by atoms with Gasteiger partial charge in [-0.15, -0.1) is 10.2 Å². The minimum Gasteiger partial charge on any atom is -0.495 e. The smallest absolute Gasteiger partial charge is 0.290 e. The summed E-state index contributed by atoms with van der Waals surface area (Å²) in [6.07, 6.45) is 0. The van der Waals surface area contributed by atoms with Crippen molar-refractivity contribution in [1.82, 2.24) is 9.13 Å². The number of benzene rings is 3. The van der Waals surface area contributed by atoms with Gasteiger partial charge in [0.1, 0.15) is 22.9 Å². The van der Waals surface area contributed by atoms with Crippen LogP contribution in [-0.2, 0) is 0 Å². The van der Waals surface area contributed by atoms with Gasteiger partial charge in [0.05, 0.1) is 32.7 Å². The fourth-order valence-corrected chi connectivity index (χ4v) is 3.91. The lowest BCUT2D eigenvalue weighted by Gasteiger charge is -2.18. The molecule has 0 radical (unpaired) electrons. The Kier molecular flexibility index (Phi) is 6.93. The minimum atomic E-state index is -0.679. The van der Waals surface area contributed by atoms with Gasteiger partial charge in [-0.2, -0.15) is 0 Å². The topological polar surface area (TPSA) is 99.6 Å². The third-order valence-corrected chi connectivity index (χ3v) is 5.57. The lowest BCUT2D eigenvalue weighted by molar-refractivity contribution is 0.400. The van der Waals surface area contributed by atoms with Gasteiger partial charge in [-0.25, -0.2) is 4.57 Å². The van der Waals surface area contributed by atoms with E-state index in [2.05, 4.69) is 10.2 Å². The number of ether oxygens (including phenoxy) is 3. The average Bonchev–Trinajstić information content (AvgIpc) is 2.89. The molecule has 35 heavy (non-hydrogen) atoms. The van der Waals surface area contributed by atoms with E-state index in [-0.39, 0.29) is 10.5 Å². The number of azo groups is 1. The molecule has 178 valence electrons. The second-order valence-corrected chi connectivity index (χ2v) is 7.51. The van der Waals surface area contributed by atoms with Crippen LogP contribution < -0.4 is 19.8 Å². The number of hydrogen-bond donors (Lipinski definition) is 1. The number of nitrogens with zero attached hydrogens (tertiary/aromatic N) is 4. The Labute approximate surface area is 206 Å². The predicted octanol–water partition coefficient (Wildman–Crippen LogP) is 5.50. The molecule has 1 N–H and O–H groups in total. The highest BCUT2D eigenvalue weighted by Gasteiger charge is 2.22. The Balaban J connectivity index is 2.08. The van der Waals surface area contributed by atoms with Crippen LogP contribution in [0.3, 0.4) is 0 Å². The van der Waals surface area contributed by atoms with E-state index in [0.717, 1.165) is 0 Å². The summed E-state index contributed by atoms with van der Waals surface area (Å²) >= 11 is 5.69. The van der Waals surface area contributed by atoms with E-state index >= 15 is 0 Å². The monoisotopic (exact) mass is 490 g/mol. The van der Waals surface area contributed by atoms with Crippen molar-refractivity contribution in [1.29, 1.82) is 0 Å². The van der Waals surface area contributed by atoms with Crippen molar-refractivity contribution in [3.05, 3.63) is 87.9 Å². The lowest BCUT2D eigenvalue weighted by atomic mass is 10.2. The lowest BCUT2D eigenvalue weighted by Crippen LogP contribution is -2.23. The zero-order chi connectivity index (χ0) is 24.9. The number of hydrogen-bond acceptors (Lipinski definition) is 8.